The molecule has 0 bridgehead atoms. The smallest absolute Gasteiger partial charge is 0.179 e. The Hall–Kier alpha value is -2.54. The number of methoxy groups -OCH3 is 1. The third kappa shape index (κ3) is 4.54. The average Bonchev–Trinajstić information content (AvgIpc) is 3.05. The van der Waals surface area contributed by atoms with Gasteiger partial charge in [0.15, 0.2) is 11.5 Å². The number of ether oxygens (including phenoxy) is 2. The van der Waals surface area contributed by atoms with Gasteiger partial charge in [0.05, 0.1) is 19.9 Å². The second-order valence-electron chi connectivity index (χ2n) is 6.71. The van der Waals surface area contributed by atoms with Gasteiger partial charge in [0.2, 0.25) is 0 Å². The van der Waals surface area contributed by atoms with Crippen molar-refractivity contribution in [3.05, 3.63) is 30.1 Å². The van der Waals surface area contributed by atoms with Gasteiger partial charge in [-0.1, -0.05) is 0 Å². The van der Waals surface area contributed by atoms with Crippen molar-refractivity contribution in [1.29, 1.82) is 0 Å². The van der Waals surface area contributed by atoms with Crippen molar-refractivity contribution in [2.45, 2.75) is 13.3 Å². The Kier molecular flexibility index (Phi) is 5.78. The van der Waals surface area contributed by atoms with Gasteiger partial charge < -0.3 is 25.0 Å². The Morgan fingerprint density at radius 1 is 1.23 bits per heavy atom. The summed E-state index contributed by atoms with van der Waals surface area (Å²) in [6, 6.07) is 5.79. The van der Waals surface area contributed by atoms with Crippen molar-refractivity contribution < 1.29 is 9.47 Å². The van der Waals surface area contributed by atoms with Crippen LogP contribution in [0.4, 0.5) is 17.3 Å². The van der Waals surface area contributed by atoms with Crippen molar-refractivity contribution in [1.82, 2.24) is 14.9 Å². The van der Waals surface area contributed by atoms with E-state index in [-0.39, 0.29) is 0 Å². The van der Waals surface area contributed by atoms with Gasteiger partial charge in [-0.05, 0) is 33.0 Å². The summed E-state index contributed by atoms with van der Waals surface area (Å²) in [6.45, 7) is 4.84. The van der Waals surface area contributed by atoms with Crippen molar-refractivity contribution in [3.63, 3.8) is 0 Å². The van der Waals surface area contributed by atoms with Crippen LogP contribution in [0.5, 0.6) is 11.5 Å². The van der Waals surface area contributed by atoms with E-state index in [1.807, 2.05) is 32.2 Å². The molecule has 0 saturated carbocycles. The van der Waals surface area contributed by atoms with Crippen LogP contribution in [0.3, 0.4) is 0 Å². The SMILES string of the molecule is CNc1cc(Nc2cc(OCC3CCN(C)C3)c(OC)cn2)cc(C)n1. The quantitative estimate of drug-likeness (QED) is 0.789. The Bertz CT molecular complexity index is 753. The molecule has 0 spiro atoms. The molecule has 1 unspecified atom stereocenters. The average molecular weight is 357 g/mol. The Morgan fingerprint density at radius 2 is 2.08 bits per heavy atom. The minimum atomic E-state index is 0.551. The highest BCUT2D eigenvalue weighted by Crippen LogP contribution is 2.31. The number of hydrogen-bond acceptors (Lipinski definition) is 7. The van der Waals surface area contributed by atoms with Crippen LogP contribution in [-0.2, 0) is 0 Å². The first-order valence-electron chi connectivity index (χ1n) is 8.86. The van der Waals surface area contributed by atoms with Crippen LogP contribution in [0.25, 0.3) is 0 Å². The van der Waals surface area contributed by atoms with E-state index in [4.69, 9.17) is 9.47 Å². The summed E-state index contributed by atoms with van der Waals surface area (Å²) >= 11 is 0. The van der Waals surface area contributed by atoms with Gasteiger partial charge in [0, 0.05) is 43.0 Å². The highest BCUT2D eigenvalue weighted by molar-refractivity contribution is 5.62. The molecule has 3 heterocycles. The summed E-state index contributed by atoms with van der Waals surface area (Å²) in [5, 5.41) is 6.37. The zero-order chi connectivity index (χ0) is 18.5. The number of pyridine rings is 2. The third-order valence-electron chi connectivity index (χ3n) is 4.50. The highest BCUT2D eigenvalue weighted by atomic mass is 16.5. The largest absolute Gasteiger partial charge is 0.491 e. The van der Waals surface area contributed by atoms with Crippen LogP contribution in [0, 0.1) is 12.8 Å². The molecule has 26 heavy (non-hydrogen) atoms. The number of nitrogens with zero attached hydrogens (tertiary/aromatic N) is 3. The number of rotatable bonds is 7. The van der Waals surface area contributed by atoms with Gasteiger partial charge in [-0.15, -0.1) is 0 Å². The van der Waals surface area contributed by atoms with E-state index in [1.165, 1.54) is 0 Å². The van der Waals surface area contributed by atoms with Crippen LogP contribution < -0.4 is 20.1 Å². The lowest BCUT2D eigenvalue weighted by Crippen LogP contribution is -2.18. The van der Waals surface area contributed by atoms with Crippen molar-refractivity contribution >= 4 is 17.3 Å². The second-order valence-corrected chi connectivity index (χ2v) is 6.71. The normalized spacial score (nSPS) is 17.2. The van der Waals surface area contributed by atoms with Crippen LogP contribution >= 0.6 is 0 Å². The molecule has 7 heteroatoms. The molecule has 1 fully saturated rings. The molecule has 0 aromatic carbocycles. The van der Waals surface area contributed by atoms with Gasteiger partial charge in [-0.2, -0.15) is 0 Å². The zero-order valence-corrected chi connectivity index (χ0v) is 15.9. The molecule has 2 aromatic rings. The number of likely N-dealkylation sites (tertiary alicyclic amines) is 1. The fraction of sp³-hybridized carbons (Fsp3) is 0.474. The van der Waals surface area contributed by atoms with Crippen molar-refractivity contribution in [2.75, 3.05) is 51.5 Å². The molecule has 3 rings (SSSR count). The Labute approximate surface area is 154 Å². The number of anilines is 3. The minimum Gasteiger partial charge on any atom is -0.491 e. The first-order valence-corrected chi connectivity index (χ1v) is 8.86. The summed E-state index contributed by atoms with van der Waals surface area (Å²) in [5.41, 5.74) is 1.84. The van der Waals surface area contributed by atoms with E-state index in [2.05, 4.69) is 32.5 Å². The van der Waals surface area contributed by atoms with Crippen molar-refractivity contribution in [3.8, 4) is 11.5 Å². The van der Waals surface area contributed by atoms with Gasteiger partial charge in [0.1, 0.15) is 11.6 Å². The van der Waals surface area contributed by atoms with Crippen molar-refractivity contribution in [2.24, 2.45) is 5.92 Å². The predicted molar refractivity (Wildman–Crippen MR) is 104 cm³/mol. The van der Waals surface area contributed by atoms with E-state index in [0.29, 0.717) is 29.8 Å². The minimum absolute atomic E-state index is 0.551. The predicted octanol–water partition coefficient (Wildman–Crippen LogP) is 2.91. The third-order valence-corrected chi connectivity index (χ3v) is 4.50. The number of hydrogen-bond donors (Lipinski definition) is 2. The molecule has 7 nitrogen and oxygen atoms in total. The summed E-state index contributed by atoms with van der Waals surface area (Å²) in [5.74, 6) is 3.41. The molecular formula is C19H27N5O2. The maximum atomic E-state index is 6.05. The van der Waals surface area contributed by atoms with Crippen LogP contribution in [-0.4, -0.2) is 55.8 Å². The molecule has 2 aromatic heterocycles. The van der Waals surface area contributed by atoms with Crippen LogP contribution in [0.1, 0.15) is 12.1 Å². The summed E-state index contributed by atoms with van der Waals surface area (Å²) in [6.07, 6.45) is 2.85. The molecule has 2 N–H and O–H groups in total. The lowest BCUT2D eigenvalue weighted by atomic mass is 10.1. The highest BCUT2D eigenvalue weighted by Gasteiger charge is 2.20. The van der Waals surface area contributed by atoms with Gasteiger partial charge in [0.25, 0.3) is 0 Å². The van der Waals surface area contributed by atoms with E-state index in [0.717, 1.165) is 36.7 Å². The number of aromatic nitrogens is 2. The Balaban J connectivity index is 1.73. The van der Waals surface area contributed by atoms with E-state index >= 15 is 0 Å². The summed E-state index contributed by atoms with van der Waals surface area (Å²) < 4.78 is 11.4. The molecule has 1 atom stereocenters. The zero-order valence-electron chi connectivity index (χ0n) is 15.9. The van der Waals surface area contributed by atoms with E-state index < -0.39 is 0 Å². The molecule has 140 valence electrons. The molecule has 0 aliphatic carbocycles. The lowest BCUT2D eigenvalue weighted by molar-refractivity contribution is 0.238. The summed E-state index contributed by atoms with van der Waals surface area (Å²) in [7, 11) is 5.63. The standard InChI is InChI=1S/C19H27N5O2/c1-13-7-15(8-18(20-2)22-13)23-19-9-16(17(25-4)10-21-19)26-12-14-5-6-24(3)11-14/h7-10,14H,5-6,11-12H2,1-4H3,(H2,20,21,22,23). The molecule has 0 radical (unpaired) electrons. The van der Waals surface area contributed by atoms with E-state index in [1.54, 1.807) is 13.3 Å². The van der Waals surface area contributed by atoms with Crippen LogP contribution in [0.15, 0.2) is 24.4 Å². The van der Waals surface area contributed by atoms with Gasteiger partial charge in [-0.3, -0.25) is 0 Å². The van der Waals surface area contributed by atoms with E-state index in [9.17, 15) is 0 Å². The monoisotopic (exact) mass is 357 g/mol. The fourth-order valence-electron chi connectivity index (χ4n) is 3.15. The van der Waals surface area contributed by atoms with Gasteiger partial charge in [-0.25, -0.2) is 9.97 Å². The van der Waals surface area contributed by atoms with Gasteiger partial charge >= 0.3 is 0 Å². The topological polar surface area (TPSA) is 71.5 Å². The molecule has 1 aliphatic heterocycles. The number of nitrogens with one attached hydrogen (secondary N) is 2. The first kappa shape index (κ1) is 18.3. The molecule has 1 saturated heterocycles. The maximum Gasteiger partial charge on any atom is 0.179 e. The molecular weight excluding hydrogens is 330 g/mol. The maximum absolute atomic E-state index is 6.05. The first-order chi connectivity index (χ1) is 12.6. The second kappa shape index (κ2) is 8.23. The Morgan fingerprint density at radius 3 is 2.77 bits per heavy atom. The van der Waals surface area contributed by atoms with Crippen LogP contribution in [0.2, 0.25) is 0 Å². The lowest BCUT2D eigenvalue weighted by Gasteiger charge is -2.16. The molecule has 0 amide bonds. The summed E-state index contributed by atoms with van der Waals surface area (Å²) in [4.78, 5) is 11.1. The number of aryl methyl sites for hydroxylation is 1. The molecule has 1 aliphatic rings. The fourth-order valence-corrected chi connectivity index (χ4v) is 3.15.